The molecule has 3 rings (SSSR count). The summed E-state index contributed by atoms with van der Waals surface area (Å²) < 4.78 is 12.8. The maximum Gasteiger partial charge on any atom is 0.302 e. The van der Waals surface area contributed by atoms with E-state index in [9.17, 15) is 4.79 Å². The number of carbonyl (C=O) groups is 1. The predicted octanol–water partition coefficient (Wildman–Crippen LogP) is 2.08. The number of aromatic nitrogens is 3. The van der Waals surface area contributed by atoms with Crippen LogP contribution in [0.2, 0.25) is 0 Å². The molecule has 2 aromatic rings. The lowest BCUT2D eigenvalue weighted by Gasteiger charge is -2.35. The van der Waals surface area contributed by atoms with Crippen LogP contribution >= 0.6 is 0 Å². The van der Waals surface area contributed by atoms with Crippen molar-refractivity contribution in [1.82, 2.24) is 15.0 Å². The van der Waals surface area contributed by atoms with Crippen LogP contribution in [-0.4, -0.2) is 40.3 Å². The molecule has 0 saturated carbocycles. The average molecular weight is 301 g/mol. The first-order chi connectivity index (χ1) is 10.6. The summed E-state index contributed by atoms with van der Waals surface area (Å²) in [5.41, 5.74) is 1.79. The number of esters is 1. The van der Waals surface area contributed by atoms with Crippen LogP contribution in [0.1, 0.15) is 19.9 Å². The summed E-state index contributed by atoms with van der Waals surface area (Å²) in [5.74, 6) is -0.167. The zero-order chi connectivity index (χ0) is 15.5. The summed E-state index contributed by atoms with van der Waals surface area (Å²) in [7, 11) is 0. The maximum atomic E-state index is 11.4. The van der Waals surface area contributed by atoms with Crippen LogP contribution in [0.3, 0.4) is 0 Å². The van der Waals surface area contributed by atoms with Crippen molar-refractivity contribution in [2.24, 2.45) is 5.92 Å². The van der Waals surface area contributed by atoms with Crippen molar-refractivity contribution in [2.45, 2.75) is 26.0 Å². The van der Waals surface area contributed by atoms with E-state index in [0.717, 1.165) is 11.3 Å². The van der Waals surface area contributed by atoms with Crippen molar-refractivity contribution < 1.29 is 14.3 Å². The lowest BCUT2D eigenvalue weighted by Crippen LogP contribution is -2.43. The first-order valence-electron chi connectivity index (χ1n) is 7.37. The quantitative estimate of drug-likeness (QED) is 0.812. The summed E-state index contributed by atoms with van der Waals surface area (Å²) in [5, 5.41) is 8.42. The summed E-state index contributed by atoms with van der Waals surface area (Å²) in [6.07, 6.45) is 1.62. The van der Waals surface area contributed by atoms with Gasteiger partial charge in [-0.1, -0.05) is 42.5 Å². The van der Waals surface area contributed by atoms with Crippen molar-refractivity contribution in [2.75, 3.05) is 13.2 Å². The highest BCUT2D eigenvalue weighted by Crippen LogP contribution is 2.28. The Morgan fingerprint density at radius 3 is 2.82 bits per heavy atom. The normalized spacial score (nSPS) is 24.9. The van der Waals surface area contributed by atoms with Crippen LogP contribution in [0.5, 0.6) is 0 Å². The molecule has 22 heavy (non-hydrogen) atoms. The summed E-state index contributed by atoms with van der Waals surface area (Å²) in [4.78, 5) is 11.4. The fourth-order valence-corrected chi connectivity index (χ4v) is 2.74. The molecule has 116 valence electrons. The van der Waals surface area contributed by atoms with Crippen molar-refractivity contribution in [1.29, 1.82) is 0 Å². The molecule has 1 aromatic heterocycles. The highest BCUT2D eigenvalue weighted by molar-refractivity contribution is 5.66. The lowest BCUT2D eigenvalue weighted by molar-refractivity contribution is -0.161. The van der Waals surface area contributed by atoms with Crippen LogP contribution in [0, 0.1) is 5.92 Å². The molecular weight excluding hydrogens is 282 g/mol. The molecule has 0 spiro atoms. The highest BCUT2D eigenvalue weighted by atomic mass is 16.6. The Morgan fingerprint density at radius 1 is 1.32 bits per heavy atom. The zero-order valence-corrected chi connectivity index (χ0v) is 12.7. The fourth-order valence-electron chi connectivity index (χ4n) is 2.74. The van der Waals surface area contributed by atoms with Gasteiger partial charge in [0.15, 0.2) is 0 Å². The standard InChI is InChI=1S/C16H19N3O3/c1-11-9-21-10-15(16(11)22-12(2)20)19-8-14(17-18-19)13-6-4-3-5-7-13/h3-8,11,15-16H,9-10H2,1-2H3/t11-,15+,16+/m1/s1. The van der Waals surface area contributed by atoms with Gasteiger partial charge in [-0.3, -0.25) is 4.79 Å². The van der Waals surface area contributed by atoms with Gasteiger partial charge in [0.1, 0.15) is 17.8 Å². The monoisotopic (exact) mass is 301 g/mol. The maximum absolute atomic E-state index is 11.4. The number of hydrogen-bond acceptors (Lipinski definition) is 5. The molecule has 1 aromatic carbocycles. The van der Waals surface area contributed by atoms with Crippen molar-refractivity contribution >= 4 is 5.97 Å². The number of nitrogens with zero attached hydrogens (tertiary/aromatic N) is 3. The smallest absolute Gasteiger partial charge is 0.302 e. The molecule has 6 nitrogen and oxygen atoms in total. The van der Waals surface area contributed by atoms with Crippen LogP contribution < -0.4 is 0 Å². The zero-order valence-electron chi connectivity index (χ0n) is 12.7. The molecular formula is C16H19N3O3. The Labute approximate surface area is 129 Å². The van der Waals surface area contributed by atoms with Crippen molar-refractivity contribution in [3.63, 3.8) is 0 Å². The summed E-state index contributed by atoms with van der Waals surface area (Å²) in [6, 6.07) is 9.69. The van der Waals surface area contributed by atoms with Crippen LogP contribution in [0.15, 0.2) is 36.5 Å². The number of carbonyl (C=O) groups excluding carboxylic acids is 1. The van der Waals surface area contributed by atoms with E-state index in [2.05, 4.69) is 10.3 Å². The van der Waals surface area contributed by atoms with E-state index in [1.54, 1.807) is 4.68 Å². The van der Waals surface area contributed by atoms with Crippen LogP contribution in [-0.2, 0) is 14.3 Å². The van der Waals surface area contributed by atoms with Gasteiger partial charge < -0.3 is 9.47 Å². The van der Waals surface area contributed by atoms with Gasteiger partial charge in [0.25, 0.3) is 0 Å². The van der Waals surface area contributed by atoms with Gasteiger partial charge in [-0.25, -0.2) is 4.68 Å². The number of ether oxygens (including phenoxy) is 2. The number of hydrogen-bond donors (Lipinski definition) is 0. The Kier molecular flexibility index (Phi) is 4.20. The number of rotatable bonds is 3. The Morgan fingerprint density at radius 2 is 2.09 bits per heavy atom. The Bertz CT molecular complexity index is 641. The van der Waals surface area contributed by atoms with E-state index >= 15 is 0 Å². The van der Waals surface area contributed by atoms with Crippen LogP contribution in [0.25, 0.3) is 11.3 Å². The minimum atomic E-state index is -0.285. The molecule has 0 N–H and O–H groups in total. The number of benzene rings is 1. The molecule has 6 heteroatoms. The van der Waals surface area contributed by atoms with Crippen molar-refractivity contribution in [3.8, 4) is 11.3 Å². The third-order valence-electron chi connectivity index (χ3n) is 3.83. The van der Waals surface area contributed by atoms with Gasteiger partial charge in [-0.05, 0) is 0 Å². The molecule has 1 fully saturated rings. The van der Waals surface area contributed by atoms with E-state index in [4.69, 9.17) is 9.47 Å². The largest absolute Gasteiger partial charge is 0.460 e. The van der Waals surface area contributed by atoms with E-state index in [1.165, 1.54) is 6.92 Å². The molecule has 0 aliphatic carbocycles. The molecule has 3 atom stereocenters. The molecule has 0 radical (unpaired) electrons. The Hall–Kier alpha value is -2.21. The first kappa shape index (κ1) is 14.7. The van der Waals surface area contributed by atoms with Gasteiger partial charge in [0.05, 0.1) is 19.4 Å². The van der Waals surface area contributed by atoms with E-state index < -0.39 is 0 Å². The third-order valence-corrected chi connectivity index (χ3v) is 3.83. The SMILES string of the molecule is CC(=O)O[C@H]1[C@H](C)COC[C@@H]1n1cc(-c2ccccc2)nn1. The third kappa shape index (κ3) is 3.01. The second kappa shape index (κ2) is 6.27. The minimum absolute atomic E-state index is 0.118. The lowest BCUT2D eigenvalue weighted by atomic mass is 9.96. The Balaban J connectivity index is 1.85. The van der Waals surface area contributed by atoms with Crippen molar-refractivity contribution in [3.05, 3.63) is 36.5 Å². The predicted molar refractivity (Wildman–Crippen MR) is 80.0 cm³/mol. The fraction of sp³-hybridized carbons (Fsp3) is 0.438. The molecule has 0 bridgehead atoms. The molecule has 0 unspecified atom stereocenters. The molecule has 0 amide bonds. The van der Waals surface area contributed by atoms with E-state index in [0.29, 0.717) is 13.2 Å². The highest BCUT2D eigenvalue weighted by Gasteiger charge is 2.36. The average Bonchev–Trinajstić information content (AvgIpc) is 2.99. The molecule has 1 saturated heterocycles. The van der Waals surface area contributed by atoms with Crippen LogP contribution in [0.4, 0.5) is 0 Å². The molecule has 2 heterocycles. The van der Waals surface area contributed by atoms with Gasteiger partial charge in [-0.15, -0.1) is 5.10 Å². The molecule has 1 aliphatic rings. The summed E-state index contributed by atoms with van der Waals surface area (Å²) >= 11 is 0. The second-order valence-corrected chi connectivity index (χ2v) is 5.61. The van der Waals surface area contributed by atoms with E-state index in [1.807, 2.05) is 43.5 Å². The topological polar surface area (TPSA) is 66.2 Å². The van der Waals surface area contributed by atoms with Gasteiger partial charge in [-0.2, -0.15) is 0 Å². The van der Waals surface area contributed by atoms with Gasteiger partial charge in [0.2, 0.25) is 0 Å². The van der Waals surface area contributed by atoms with E-state index in [-0.39, 0.29) is 24.0 Å². The first-order valence-corrected chi connectivity index (χ1v) is 7.37. The van der Waals surface area contributed by atoms with Gasteiger partial charge >= 0.3 is 5.97 Å². The van der Waals surface area contributed by atoms with Gasteiger partial charge in [0, 0.05) is 18.4 Å². The molecule has 1 aliphatic heterocycles. The summed E-state index contributed by atoms with van der Waals surface area (Å²) in [6.45, 7) is 4.47. The second-order valence-electron chi connectivity index (χ2n) is 5.61. The minimum Gasteiger partial charge on any atom is -0.460 e.